The molecule has 2 heterocycles. The van der Waals surface area contributed by atoms with Crippen molar-refractivity contribution in [3.05, 3.63) is 34.7 Å². The maximum atomic E-state index is 5.04. The molecule has 3 nitrogen and oxygen atoms in total. The molecule has 1 atom stereocenters. The second-order valence-electron chi connectivity index (χ2n) is 2.99. The van der Waals surface area contributed by atoms with E-state index in [1.807, 2.05) is 12.3 Å². The van der Waals surface area contributed by atoms with Crippen molar-refractivity contribution in [1.29, 1.82) is 0 Å². The molecule has 13 heavy (non-hydrogen) atoms. The highest BCUT2D eigenvalue weighted by Crippen LogP contribution is 2.21. The third kappa shape index (κ3) is 1.78. The summed E-state index contributed by atoms with van der Waals surface area (Å²) in [4.78, 5) is 2.11. The van der Waals surface area contributed by atoms with Crippen molar-refractivity contribution < 1.29 is 4.74 Å². The average Bonchev–Trinajstić information content (AvgIpc) is 2.46. The summed E-state index contributed by atoms with van der Waals surface area (Å²) in [6, 6.07) is 0. The predicted molar refractivity (Wildman–Crippen MR) is 54.9 cm³/mol. The molecule has 0 aliphatic carbocycles. The van der Waals surface area contributed by atoms with Crippen LogP contribution in [-0.4, -0.2) is 24.8 Å². The molecule has 70 valence electrons. The number of allylic oxidation sites excluding steroid dienone is 2. The summed E-state index contributed by atoms with van der Waals surface area (Å²) in [6.45, 7) is 0.631. The van der Waals surface area contributed by atoms with Crippen LogP contribution in [0.15, 0.2) is 34.7 Å². The summed E-state index contributed by atoms with van der Waals surface area (Å²) in [5.41, 5.74) is 1.11. The zero-order valence-corrected chi connectivity index (χ0v) is 8.91. The topological polar surface area (TPSA) is 24.5 Å². The number of hydrogen-bond acceptors (Lipinski definition) is 3. The van der Waals surface area contributed by atoms with E-state index in [1.54, 1.807) is 7.11 Å². The molecule has 0 saturated heterocycles. The number of nitrogens with zero attached hydrogens (tertiary/aromatic N) is 1. The number of nitrogens with one attached hydrogen (secondary N) is 1. The van der Waals surface area contributed by atoms with Gasteiger partial charge in [-0.3, -0.25) is 0 Å². The van der Waals surface area contributed by atoms with E-state index in [2.05, 4.69) is 38.4 Å². The predicted octanol–water partition coefficient (Wildman–Crippen LogP) is 1.51. The Kier molecular flexibility index (Phi) is 2.42. The summed E-state index contributed by atoms with van der Waals surface area (Å²) < 4.78 is 6.15. The summed E-state index contributed by atoms with van der Waals surface area (Å²) in [6.07, 6.45) is 8.46. The van der Waals surface area contributed by atoms with Gasteiger partial charge in [-0.2, -0.15) is 0 Å². The van der Waals surface area contributed by atoms with E-state index in [0.717, 1.165) is 10.2 Å². The molecule has 0 amide bonds. The molecule has 0 aromatic carbocycles. The van der Waals surface area contributed by atoms with Crippen molar-refractivity contribution in [3.8, 4) is 0 Å². The first-order chi connectivity index (χ1) is 6.29. The Morgan fingerprint density at radius 1 is 1.69 bits per heavy atom. The van der Waals surface area contributed by atoms with Gasteiger partial charge >= 0.3 is 0 Å². The van der Waals surface area contributed by atoms with Crippen molar-refractivity contribution >= 4 is 15.9 Å². The van der Waals surface area contributed by atoms with Crippen LogP contribution in [0.1, 0.15) is 0 Å². The Hall–Kier alpha value is -0.740. The summed E-state index contributed by atoms with van der Waals surface area (Å²) >= 11 is 3.44. The van der Waals surface area contributed by atoms with Crippen LogP contribution in [0.4, 0.5) is 0 Å². The number of methoxy groups -OCH3 is 1. The SMILES string of the molecule is COCC1=CN2C=CC(Br)=CC2N1. The standard InChI is InChI=1S/C9H11BrN2O/c1-13-6-8-5-12-3-2-7(10)4-9(12)11-8/h2-5,9,11H,6H2,1H3. The molecule has 2 aliphatic rings. The maximum Gasteiger partial charge on any atom is 0.123 e. The van der Waals surface area contributed by atoms with Crippen LogP contribution in [0.5, 0.6) is 0 Å². The Morgan fingerprint density at radius 3 is 3.31 bits per heavy atom. The number of fused-ring (bicyclic) bond motifs is 1. The summed E-state index contributed by atoms with van der Waals surface area (Å²) in [7, 11) is 1.70. The second kappa shape index (κ2) is 3.55. The lowest BCUT2D eigenvalue weighted by Crippen LogP contribution is -2.33. The summed E-state index contributed by atoms with van der Waals surface area (Å²) in [5, 5.41) is 3.33. The van der Waals surface area contributed by atoms with Gasteiger partial charge in [0.25, 0.3) is 0 Å². The van der Waals surface area contributed by atoms with E-state index < -0.39 is 0 Å². The third-order valence-corrected chi connectivity index (χ3v) is 2.51. The third-order valence-electron chi connectivity index (χ3n) is 1.98. The second-order valence-corrected chi connectivity index (χ2v) is 3.91. The van der Waals surface area contributed by atoms with Gasteiger partial charge in [0, 0.05) is 24.0 Å². The first kappa shape index (κ1) is 8.84. The fourth-order valence-electron chi connectivity index (χ4n) is 1.42. The van der Waals surface area contributed by atoms with Crippen molar-refractivity contribution in [2.75, 3.05) is 13.7 Å². The molecular weight excluding hydrogens is 232 g/mol. The molecule has 0 fully saturated rings. The lowest BCUT2D eigenvalue weighted by Gasteiger charge is -2.22. The molecule has 2 aliphatic heterocycles. The minimum Gasteiger partial charge on any atom is -0.378 e. The fraction of sp³-hybridized carbons (Fsp3) is 0.333. The van der Waals surface area contributed by atoms with Crippen LogP contribution in [0.25, 0.3) is 0 Å². The van der Waals surface area contributed by atoms with Crippen LogP contribution >= 0.6 is 15.9 Å². The molecule has 0 aromatic rings. The molecule has 0 aromatic heterocycles. The molecule has 0 saturated carbocycles. The number of halogens is 1. The van der Waals surface area contributed by atoms with E-state index in [9.17, 15) is 0 Å². The van der Waals surface area contributed by atoms with Gasteiger partial charge in [-0.1, -0.05) is 15.9 Å². The Morgan fingerprint density at radius 2 is 2.54 bits per heavy atom. The summed E-state index contributed by atoms with van der Waals surface area (Å²) in [5.74, 6) is 0. The largest absolute Gasteiger partial charge is 0.378 e. The smallest absolute Gasteiger partial charge is 0.123 e. The van der Waals surface area contributed by atoms with Crippen molar-refractivity contribution in [1.82, 2.24) is 10.2 Å². The highest BCUT2D eigenvalue weighted by Gasteiger charge is 2.21. The lowest BCUT2D eigenvalue weighted by molar-refractivity contribution is 0.220. The van der Waals surface area contributed by atoms with E-state index in [4.69, 9.17) is 4.74 Å². The Balaban J connectivity index is 2.08. The van der Waals surface area contributed by atoms with Crippen LogP contribution in [0, 0.1) is 0 Å². The molecule has 1 N–H and O–H groups in total. The lowest BCUT2D eigenvalue weighted by atomic mass is 10.3. The van der Waals surface area contributed by atoms with Crippen molar-refractivity contribution in [2.24, 2.45) is 0 Å². The minimum absolute atomic E-state index is 0.240. The van der Waals surface area contributed by atoms with Gasteiger partial charge in [0.2, 0.25) is 0 Å². The van der Waals surface area contributed by atoms with Gasteiger partial charge in [0.05, 0.1) is 12.3 Å². The highest BCUT2D eigenvalue weighted by atomic mass is 79.9. The van der Waals surface area contributed by atoms with Crippen LogP contribution in [0.2, 0.25) is 0 Å². The normalized spacial score (nSPS) is 25.1. The van der Waals surface area contributed by atoms with E-state index >= 15 is 0 Å². The molecule has 1 unspecified atom stereocenters. The molecule has 0 radical (unpaired) electrons. The number of hydrogen-bond donors (Lipinski definition) is 1. The zero-order chi connectivity index (χ0) is 9.26. The highest BCUT2D eigenvalue weighted by molar-refractivity contribution is 9.11. The first-order valence-electron chi connectivity index (χ1n) is 4.09. The molecule has 4 heteroatoms. The fourth-order valence-corrected chi connectivity index (χ4v) is 1.79. The van der Waals surface area contributed by atoms with E-state index in [-0.39, 0.29) is 6.17 Å². The Bertz CT molecular complexity index is 296. The molecular formula is C9H11BrN2O. The molecule has 0 bridgehead atoms. The van der Waals surface area contributed by atoms with E-state index in [1.165, 1.54) is 0 Å². The van der Waals surface area contributed by atoms with Gasteiger partial charge in [-0.05, 0) is 12.2 Å². The van der Waals surface area contributed by atoms with Crippen molar-refractivity contribution in [3.63, 3.8) is 0 Å². The number of rotatable bonds is 2. The maximum absolute atomic E-state index is 5.04. The first-order valence-corrected chi connectivity index (χ1v) is 4.88. The minimum atomic E-state index is 0.240. The van der Waals surface area contributed by atoms with Gasteiger partial charge in [0.15, 0.2) is 0 Å². The Labute approximate surface area is 85.9 Å². The monoisotopic (exact) mass is 242 g/mol. The van der Waals surface area contributed by atoms with Gasteiger partial charge in [-0.25, -0.2) is 0 Å². The van der Waals surface area contributed by atoms with Gasteiger partial charge in [-0.15, -0.1) is 0 Å². The van der Waals surface area contributed by atoms with Gasteiger partial charge in [0.1, 0.15) is 6.17 Å². The van der Waals surface area contributed by atoms with Crippen LogP contribution < -0.4 is 5.32 Å². The molecule has 2 rings (SSSR count). The van der Waals surface area contributed by atoms with E-state index in [0.29, 0.717) is 6.61 Å². The zero-order valence-electron chi connectivity index (χ0n) is 7.33. The molecule has 0 spiro atoms. The average molecular weight is 243 g/mol. The van der Waals surface area contributed by atoms with Gasteiger partial charge < -0.3 is 15.0 Å². The van der Waals surface area contributed by atoms with Crippen LogP contribution in [-0.2, 0) is 4.74 Å². The number of ether oxygens (including phenoxy) is 1. The van der Waals surface area contributed by atoms with Crippen molar-refractivity contribution in [2.45, 2.75) is 6.17 Å². The quantitative estimate of drug-likeness (QED) is 0.795. The van der Waals surface area contributed by atoms with Crippen LogP contribution in [0.3, 0.4) is 0 Å².